The van der Waals surface area contributed by atoms with E-state index in [1.807, 2.05) is 6.07 Å². The number of ether oxygens (including phenoxy) is 1. The van der Waals surface area contributed by atoms with Crippen LogP contribution in [0.1, 0.15) is 45.1 Å². The molecule has 0 N–H and O–H groups in total. The topological polar surface area (TPSA) is 72.7 Å². The summed E-state index contributed by atoms with van der Waals surface area (Å²) in [5, 5.41) is 8.92. The van der Waals surface area contributed by atoms with Gasteiger partial charge in [0.15, 0.2) is 0 Å². The van der Waals surface area contributed by atoms with Crippen LogP contribution in [0, 0.1) is 17.2 Å². The number of piperidine rings is 2. The van der Waals surface area contributed by atoms with Crippen LogP contribution in [-0.4, -0.2) is 78.2 Å². The summed E-state index contributed by atoms with van der Waals surface area (Å²) < 4.78 is 5.87. The van der Waals surface area contributed by atoms with Gasteiger partial charge in [-0.25, -0.2) is 4.98 Å². The number of hydrogen-bond acceptors (Lipinski definition) is 6. The van der Waals surface area contributed by atoms with Crippen LogP contribution >= 0.6 is 0 Å². The van der Waals surface area contributed by atoms with Crippen LogP contribution in [0.2, 0.25) is 0 Å². The van der Waals surface area contributed by atoms with Gasteiger partial charge in [-0.05, 0) is 51.7 Å². The fraction of sp³-hybridized carbons (Fsp3) is 0.696. The monoisotopic (exact) mass is 411 g/mol. The molecular formula is C23H33N5O2. The van der Waals surface area contributed by atoms with Crippen molar-refractivity contribution >= 4 is 11.7 Å². The van der Waals surface area contributed by atoms with E-state index < -0.39 is 0 Å². The molecule has 0 radical (unpaired) electrons. The summed E-state index contributed by atoms with van der Waals surface area (Å²) >= 11 is 0. The normalized spacial score (nSPS) is 27.1. The van der Waals surface area contributed by atoms with E-state index in [2.05, 4.69) is 39.6 Å². The van der Waals surface area contributed by atoms with Crippen LogP contribution in [-0.2, 0) is 9.53 Å². The number of nitrogens with zero attached hydrogens (tertiary/aromatic N) is 5. The Morgan fingerprint density at radius 3 is 2.30 bits per heavy atom. The number of amides is 1. The fourth-order valence-corrected chi connectivity index (χ4v) is 5.22. The second-order valence-electron chi connectivity index (χ2n) is 9.05. The molecule has 7 heteroatoms. The molecule has 3 aliphatic heterocycles. The summed E-state index contributed by atoms with van der Waals surface area (Å²) in [7, 11) is 0. The molecule has 4 rings (SSSR count). The number of morpholine rings is 1. The third-order valence-electron chi connectivity index (χ3n) is 6.79. The maximum absolute atomic E-state index is 13.1. The Balaban J connectivity index is 1.24. The zero-order valence-corrected chi connectivity index (χ0v) is 18.2. The summed E-state index contributed by atoms with van der Waals surface area (Å²) in [6, 6.07) is 6.39. The summed E-state index contributed by atoms with van der Waals surface area (Å²) in [6.45, 7) is 9.75. The van der Waals surface area contributed by atoms with Gasteiger partial charge in [0.05, 0.1) is 17.8 Å². The lowest BCUT2D eigenvalue weighted by molar-refractivity contribution is -0.139. The van der Waals surface area contributed by atoms with Gasteiger partial charge in [0.25, 0.3) is 0 Å². The summed E-state index contributed by atoms with van der Waals surface area (Å²) in [6.07, 6.45) is 6.09. The van der Waals surface area contributed by atoms with Crippen molar-refractivity contribution in [1.29, 1.82) is 5.26 Å². The number of carbonyl (C=O) groups excluding carboxylic acids is 1. The molecule has 3 saturated heterocycles. The lowest BCUT2D eigenvalue weighted by atomic mass is 9.93. The number of aromatic nitrogens is 1. The van der Waals surface area contributed by atoms with E-state index >= 15 is 0 Å². The quantitative estimate of drug-likeness (QED) is 0.760. The predicted molar refractivity (Wildman–Crippen MR) is 115 cm³/mol. The lowest BCUT2D eigenvalue weighted by Gasteiger charge is -2.44. The Morgan fingerprint density at radius 1 is 1.07 bits per heavy atom. The third-order valence-corrected chi connectivity index (χ3v) is 6.79. The van der Waals surface area contributed by atoms with Gasteiger partial charge in [-0.2, -0.15) is 5.26 Å². The van der Waals surface area contributed by atoms with Crippen molar-refractivity contribution in [2.24, 2.45) is 5.92 Å². The zero-order valence-electron chi connectivity index (χ0n) is 18.2. The first-order valence-electron chi connectivity index (χ1n) is 11.3. The molecule has 1 aromatic heterocycles. The second kappa shape index (κ2) is 9.32. The molecule has 7 nitrogen and oxygen atoms in total. The van der Waals surface area contributed by atoms with E-state index in [1.165, 1.54) is 0 Å². The first-order valence-corrected chi connectivity index (χ1v) is 11.3. The first kappa shape index (κ1) is 21.1. The number of hydrogen-bond donors (Lipinski definition) is 0. The van der Waals surface area contributed by atoms with Crippen molar-refractivity contribution in [3.8, 4) is 6.07 Å². The number of rotatable bonds is 3. The third kappa shape index (κ3) is 4.76. The van der Waals surface area contributed by atoms with Crippen LogP contribution in [0.15, 0.2) is 18.3 Å². The Bertz CT molecular complexity index is 751. The van der Waals surface area contributed by atoms with Gasteiger partial charge in [-0.1, -0.05) is 0 Å². The SMILES string of the molecule is CC1CN(C2CCN(C(=O)C3CCN(c4ccc(C#N)cn4)CC3)CC2)CC(C)O1. The molecule has 2 atom stereocenters. The molecule has 0 saturated carbocycles. The van der Waals surface area contributed by atoms with Crippen molar-refractivity contribution < 1.29 is 9.53 Å². The minimum Gasteiger partial charge on any atom is -0.373 e. The van der Waals surface area contributed by atoms with E-state index in [0.29, 0.717) is 29.7 Å². The number of anilines is 1. The number of pyridine rings is 1. The summed E-state index contributed by atoms with van der Waals surface area (Å²) in [5.41, 5.74) is 0.577. The van der Waals surface area contributed by atoms with Gasteiger partial charge in [0.2, 0.25) is 5.91 Å². The molecule has 30 heavy (non-hydrogen) atoms. The largest absolute Gasteiger partial charge is 0.373 e. The summed E-state index contributed by atoms with van der Waals surface area (Å²) in [4.78, 5) is 24.4. The van der Waals surface area contributed by atoms with Crippen molar-refractivity contribution in [2.75, 3.05) is 44.2 Å². The van der Waals surface area contributed by atoms with Gasteiger partial charge in [-0.3, -0.25) is 9.69 Å². The van der Waals surface area contributed by atoms with Crippen LogP contribution in [0.4, 0.5) is 5.82 Å². The first-order chi connectivity index (χ1) is 14.5. The zero-order chi connectivity index (χ0) is 21.1. The van der Waals surface area contributed by atoms with Crippen molar-refractivity contribution in [2.45, 2.75) is 57.8 Å². The van der Waals surface area contributed by atoms with Crippen molar-refractivity contribution in [1.82, 2.24) is 14.8 Å². The van der Waals surface area contributed by atoms with Crippen LogP contribution in [0.5, 0.6) is 0 Å². The van der Waals surface area contributed by atoms with E-state index in [-0.39, 0.29) is 5.92 Å². The van der Waals surface area contributed by atoms with Crippen LogP contribution in [0.3, 0.4) is 0 Å². The van der Waals surface area contributed by atoms with Crippen molar-refractivity contribution in [3.05, 3.63) is 23.9 Å². The smallest absolute Gasteiger partial charge is 0.225 e. The highest BCUT2D eigenvalue weighted by Gasteiger charge is 2.34. The average Bonchev–Trinajstić information content (AvgIpc) is 2.78. The van der Waals surface area contributed by atoms with Gasteiger partial charge in [-0.15, -0.1) is 0 Å². The predicted octanol–water partition coefficient (Wildman–Crippen LogP) is 2.27. The molecule has 3 fully saturated rings. The number of likely N-dealkylation sites (tertiary alicyclic amines) is 1. The summed E-state index contributed by atoms with van der Waals surface area (Å²) in [5.74, 6) is 1.36. The van der Waals surface area contributed by atoms with Gasteiger partial charge in [0, 0.05) is 57.4 Å². The number of carbonyl (C=O) groups is 1. The fourth-order valence-electron chi connectivity index (χ4n) is 5.22. The average molecular weight is 412 g/mol. The highest BCUT2D eigenvalue weighted by atomic mass is 16.5. The minimum atomic E-state index is 0.125. The van der Waals surface area contributed by atoms with Gasteiger partial charge in [0.1, 0.15) is 11.9 Å². The molecule has 1 amide bonds. The second-order valence-corrected chi connectivity index (χ2v) is 9.05. The minimum absolute atomic E-state index is 0.125. The van der Waals surface area contributed by atoms with E-state index in [0.717, 1.165) is 70.8 Å². The van der Waals surface area contributed by atoms with Crippen LogP contribution in [0.25, 0.3) is 0 Å². The van der Waals surface area contributed by atoms with Gasteiger partial charge >= 0.3 is 0 Å². The van der Waals surface area contributed by atoms with Crippen molar-refractivity contribution in [3.63, 3.8) is 0 Å². The Morgan fingerprint density at radius 2 is 1.73 bits per heavy atom. The Labute approximate surface area is 179 Å². The molecule has 1 aromatic rings. The highest BCUT2D eigenvalue weighted by molar-refractivity contribution is 5.79. The van der Waals surface area contributed by atoms with Crippen LogP contribution < -0.4 is 4.90 Å². The maximum Gasteiger partial charge on any atom is 0.225 e. The van der Waals surface area contributed by atoms with Gasteiger partial charge < -0.3 is 14.5 Å². The van der Waals surface area contributed by atoms with E-state index in [1.54, 1.807) is 12.3 Å². The molecule has 2 unspecified atom stereocenters. The molecule has 0 bridgehead atoms. The Hall–Kier alpha value is -2.17. The molecule has 0 aliphatic carbocycles. The maximum atomic E-state index is 13.1. The standard InChI is InChI=1S/C23H33N5O2/c1-17-15-28(16-18(2)30-17)21-7-11-27(12-8-21)23(29)20-5-9-26(10-6-20)22-4-3-19(13-24)14-25-22/h3-4,14,17-18,20-21H,5-12,15-16H2,1-2H3. The van der Waals surface area contributed by atoms with E-state index in [9.17, 15) is 4.79 Å². The molecule has 162 valence electrons. The molecule has 3 aliphatic rings. The molecular weight excluding hydrogens is 378 g/mol. The van der Waals surface area contributed by atoms with E-state index in [4.69, 9.17) is 10.00 Å². The Kier molecular flexibility index (Phi) is 6.55. The highest BCUT2D eigenvalue weighted by Crippen LogP contribution is 2.26. The molecule has 4 heterocycles. The lowest BCUT2D eigenvalue weighted by Crippen LogP contribution is -2.54. The number of nitriles is 1. The molecule has 0 aromatic carbocycles. The molecule has 0 spiro atoms.